The lowest BCUT2D eigenvalue weighted by atomic mass is 9.98. The fourth-order valence-electron chi connectivity index (χ4n) is 15.9. The van der Waals surface area contributed by atoms with Gasteiger partial charge in [-0.2, -0.15) is 0 Å². The molecule has 0 radical (unpaired) electrons. The molecule has 40 nitrogen and oxygen atoms in total. The number of hydrogen-bond acceptors (Lipinski definition) is 24. The van der Waals surface area contributed by atoms with Crippen molar-refractivity contribution in [3.63, 3.8) is 0 Å². The number of phenols is 2. The number of nitrogens with one attached hydrogen (secondary N) is 12. The first-order valence-corrected chi connectivity index (χ1v) is 43.4. The number of phenolic OH excluding ortho intramolecular Hbond substituents is 2. The van der Waals surface area contributed by atoms with E-state index in [1.165, 1.54) is 58.3 Å². The summed E-state index contributed by atoms with van der Waals surface area (Å²) in [6, 6.07) is 16.2. The highest BCUT2D eigenvalue weighted by molar-refractivity contribution is 6.01. The van der Waals surface area contributed by atoms with E-state index in [2.05, 4.69) is 63.8 Å². The van der Waals surface area contributed by atoms with Gasteiger partial charge in [0.1, 0.15) is 95.4 Å². The highest BCUT2D eigenvalue weighted by atomic mass is 16.6. The van der Waals surface area contributed by atoms with Crippen LogP contribution in [0.4, 0.5) is 34.1 Å². The molecule has 3 fully saturated rings. The van der Waals surface area contributed by atoms with E-state index in [9.17, 15) is 50.7 Å². The molecule has 130 heavy (non-hydrogen) atoms. The molecule has 3 aliphatic heterocycles. The molecule has 12 amide bonds. The van der Waals surface area contributed by atoms with E-state index in [0.717, 1.165) is 36.4 Å². The van der Waals surface area contributed by atoms with Crippen molar-refractivity contribution in [2.45, 2.75) is 218 Å². The number of nitro benzene ring substituents is 4. The standard InChI is InChI=1S/C90H114N18O22/c1-51(2)43-67-81(113)99-71(47-55-19-11-9-12-20-55)89(121)103-41-17-25-73(103)85(117)97-70(46-58-29-35-62(110)36-30-58)84(116)102-78(54(7)8)88(120)94-66(24-16-40-92-64-38-32-60(106(125)126)50-76(64)108(129)130)80(112)96-68(44-52(3)4)82(114)100-72(48-56-21-13-10-14-22-56)90(122)104-42-18-26-74(104)86(118)98-69(45-57-27-33-61(109)34-28-57)83(115)101-77(53(5)6)87(119)93-65(79(111)95-67)23-15-39-91-63-37-31-59(105(123)124)49-75(63)107(127)128/h9-14,19-22,27-38,49-54,65-74,77-78,91-92,109-110H,15-18,23-26,39-48H2,1-8H3,(H,93,119)(H,94,120)(H,95,111)(H,96,112)(H,97,117)(H,98,118)(H,99,113)(H,100,114)(H,101,115)(H,102,116)/t65-,66-,67-,68-,69-,70-,71+,72+,73-,74-,77-,78-/m0/s1. The molecule has 3 heterocycles. The average molecular weight is 1800 g/mol. The van der Waals surface area contributed by atoms with Crippen LogP contribution in [0, 0.1) is 64.1 Å². The summed E-state index contributed by atoms with van der Waals surface area (Å²) in [5, 5.41) is 102. The minimum absolute atomic E-state index is 0.0285. The van der Waals surface area contributed by atoms with E-state index in [1.54, 1.807) is 116 Å². The lowest BCUT2D eigenvalue weighted by molar-refractivity contribution is -0.393. The minimum Gasteiger partial charge on any atom is -0.508 e. The number of carbonyl (C=O) groups excluding carboxylic acids is 12. The van der Waals surface area contributed by atoms with Gasteiger partial charge in [-0.3, -0.25) is 98.0 Å². The van der Waals surface area contributed by atoms with Gasteiger partial charge >= 0.3 is 0 Å². The highest BCUT2D eigenvalue weighted by Gasteiger charge is 2.45. The van der Waals surface area contributed by atoms with Crippen molar-refractivity contribution in [3.8, 4) is 11.5 Å². The number of fused-ring (bicyclic) bond motifs is 2. The Morgan fingerprint density at radius 1 is 0.354 bits per heavy atom. The third kappa shape index (κ3) is 28.4. The first-order chi connectivity index (χ1) is 61.8. The number of non-ortho nitro benzene ring substituents is 2. The summed E-state index contributed by atoms with van der Waals surface area (Å²) in [6.45, 7) is 12.9. The Morgan fingerprint density at radius 3 is 0.977 bits per heavy atom. The lowest BCUT2D eigenvalue weighted by Gasteiger charge is -2.32. The highest BCUT2D eigenvalue weighted by Crippen LogP contribution is 2.32. The van der Waals surface area contributed by atoms with E-state index in [0.29, 0.717) is 22.3 Å². The molecule has 14 N–H and O–H groups in total. The second-order valence-electron chi connectivity index (χ2n) is 34.3. The van der Waals surface area contributed by atoms with Gasteiger partial charge in [0.2, 0.25) is 70.9 Å². The van der Waals surface area contributed by atoms with Crippen LogP contribution >= 0.6 is 0 Å². The molecule has 6 aromatic rings. The second-order valence-corrected chi connectivity index (χ2v) is 34.3. The molecule has 0 unspecified atom stereocenters. The summed E-state index contributed by atoms with van der Waals surface area (Å²) in [7, 11) is 0. The van der Waals surface area contributed by atoms with Gasteiger partial charge in [0.05, 0.1) is 31.8 Å². The Balaban J connectivity index is 1.12. The Hall–Kier alpha value is -14.2. The van der Waals surface area contributed by atoms with Crippen molar-refractivity contribution in [3.05, 3.63) is 208 Å². The van der Waals surface area contributed by atoms with Crippen molar-refractivity contribution < 1.29 is 87.4 Å². The number of anilines is 2. The molecular weight excluding hydrogens is 1690 g/mol. The molecule has 3 saturated heterocycles. The summed E-state index contributed by atoms with van der Waals surface area (Å²) in [4.78, 5) is 231. The van der Waals surface area contributed by atoms with Crippen LogP contribution in [0.2, 0.25) is 0 Å². The van der Waals surface area contributed by atoms with E-state index < -0.39 is 198 Å². The van der Waals surface area contributed by atoms with Crippen molar-refractivity contribution in [2.24, 2.45) is 23.7 Å². The van der Waals surface area contributed by atoms with Crippen molar-refractivity contribution in [1.29, 1.82) is 0 Å². The average Bonchev–Trinajstić information content (AvgIpc) is 1.66. The fourth-order valence-corrected chi connectivity index (χ4v) is 15.9. The number of nitro groups is 4. The molecule has 696 valence electrons. The predicted octanol–water partition coefficient (Wildman–Crippen LogP) is 6.03. The Bertz CT molecular complexity index is 4750. The third-order valence-corrected chi connectivity index (χ3v) is 22.7. The van der Waals surface area contributed by atoms with Gasteiger partial charge in [0.25, 0.3) is 22.7 Å². The molecular formula is C90H114N18O22. The van der Waals surface area contributed by atoms with E-state index >= 15 is 57.5 Å². The summed E-state index contributed by atoms with van der Waals surface area (Å²) in [6.07, 6.45) is -1.37. The van der Waals surface area contributed by atoms with Crippen LogP contribution in [0.1, 0.15) is 142 Å². The zero-order chi connectivity index (χ0) is 94.7. The molecule has 0 saturated carbocycles. The number of benzene rings is 6. The number of amides is 12. The number of aromatic hydroxyl groups is 2. The number of hydrogen-bond donors (Lipinski definition) is 14. The first-order valence-electron chi connectivity index (χ1n) is 43.4. The fraction of sp³-hybridized carbons (Fsp3) is 0.467. The van der Waals surface area contributed by atoms with Gasteiger partial charge in [0, 0.05) is 64.0 Å². The Kier molecular flexibility index (Phi) is 36.0. The maximum absolute atomic E-state index is 15.6. The maximum Gasteiger partial charge on any atom is 0.299 e. The smallest absolute Gasteiger partial charge is 0.299 e. The Morgan fingerprint density at radius 2 is 0.654 bits per heavy atom. The first kappa shape index (κ1) is 99.5. The van der Waals surface area contributed by atoms with Gasteiger partial charge in [0.15, 0.2) is 0 Å². The Labute approximate surface area is 750 Å². The van der Waals surface area contributed by atoms with Crippen LogP contribution < -0.4 is 63.8 Å². The molecule has 3 aliphatic rings. The van der Waals surface area contributed by atoms with Gasteiger partial charge < -0.3 is 83.8 Å². The van der Waals surface area contributed by atoms with Gasteiger partial charge in [-0.05, 0) is 147 Å². The predicted molar refractivity (Wildman–Crippen MR) is 476 cm³/mol. The van der Waals surface area contributed by atoms with Crippen LogP contribution in [0.5, 0.6) is 11.5 Å². The zero-order valence-electron chi connectivity index (χ0n) is 73.6. The van der Waals surface area contributed by atoms with Crippen LogP contribution in [0.15, 0.2) is 146 Å². The summed E-state index contributed by atoms with van der Waals surface area (Å²) >= 11 is 0. The van der Waals surface area contributed by atoms with Crippen LogP contribution in [0.25, 0.3) is 0 Å². The van der Waals surface area contributed by atoms with Gasteiger partial charge in [-0.15, -0.1) is 0 Å². The van der Waals surface area contributed by atoms with Crippen molar-refractivity contribution >= 4 is 105 Å². The van der Waals surface area contributed by atoms with Crippen molar-refractivity contribution in [1.82, 2.24) is 63.0 Å². The normalized spacial score (nSPS) is 22.5. The van der Waals surface area contributed by atoms with Gasteiger partial charge in [-0.25, -0.2) is 0 Å². The molecule has 0 aromatic heterocycles. The molecule has 40 heteroatoms. The molecule has 0 aliphatic carbocycles. The number of nitrogens with zero attached hydrogens (tertiary/aromatic N) is 6. The molecule has 0 spiro atoms. The van der Waals surface area contributed by atoms with Crippen molar-refractivity contribution in [2.75, 3.05) is 36.8 Å². The van der Waals surface area contributed by atoms with E-state index in [1.807, 2.05) is 0 Å². The largest absolute Gasteiger partial charge is 0.508 e. The quantitative estimate of drug-likeness (QED) is 0.0151. The SMILES string of the molecule is CC(C)C[C@@H]1NC(=O)[C@H](CCCNc2ccc([N+](=O)[O-])cc2[N+](=O)[O-])NC(=O)[C@H](C(C)C)NC(=O)[C@H](Cc2ccc(O)cc2)NC(=O)[C@@H]2CCCN2C(=O)[C@@H](Cc2ccccc2)NC(=O)[C@H](CC(C)C)NC(=O)[C@H](CCCNc2ccc([N+](=O)[O-])cc2[N+](=O)[O-])NC(=O)[C@H](C(C)C)NC(=O)[C@H](Cc2ccc(O)cc2)NC(=O)[C@@H]2CCCN2C(=O)[C@@H](Cc2ccccc2)NC1=O. The number of carbonyl (C=O) groups is 12. The van der Waals surface area contributed by atoms with Gasteiger partial charge in [-0.1, -0.05) is 140 Å². The topological polar surface area (TPSA) is 569 Å². The van der Waals surface area contributed by atoms with Crippen LogP contribution in [-0.4, -0.2) is 209 Å². The lowest BCUT2D eigenvalue weighted by Crippen LogP contribution is -2.62. The zero-order valence-corrected chi connectivity index (χ0v) is 73.6. The van der Waals surface area contributed by atoms with E-state index in [4.69, 9.17) is 0 Å². The molecule has 6 aromatic carbocycles. The minimum atomic E-state index is -1.61. The monoisotopic (exact) mass is 1800 g/mol. The molecule has 12 atom stereocenters. The summed E-state index contributed by atoms with van der Waals surface area (Å²) in [5.74, 6) is -13.4. The summed E-state index contributed by atoms with van der Waals surface area (Å²) in [5.41, 5.74) is -0.813. The second kappa shape index (κ2) is 47.0. The molecule has 9 rings (SSSR count). The number of rotatable bonds is 28. The maximum atomic E-state index is 15.6. The molecule has 0 bridgehead atoms. The van der Waals surface area contributed by atoms with E-state index in [-0.39, 0.29) is 151 Å². The third-order valence-electron chi connectivity index (χ3n) is 22.7. The van der Waals surface area contributed by atoms with Crippen LogP contribution in [-0.2, 0) is 83.2 Å². The van der Waals surface area contributed by atoms with Crippen LogP contribution in [0.3, 0.4) is 0 Å². The summed E-state index contributed by atoms with van der Waals surface area (Å²) < 4.78 is 0.